The van der Waals surface area contributed by atoms with Crippen LogP contribution >= 0.6 is 0 Å². The molecule has 1 N–H and O–H groups in total. The largest absolute Gasteiger partial charge is 0.340 e. The molecule has 1 saturated carbocycles. The van der Waals surface area contributed by atoms with Crippen molar-refractivity contribution in [3.63, 3.8) is 0 Å². The first-order chi connectivity index (χ1) is 10.6. The van der Waals surface area contributed by atoms with E-state index in [-0.39, 0.29) is 17.9 Å². The van der Waals surface area contributed by atoms with Crippen molar-refractivity contribution >= 4 is 17.6 Å². The Morgan fingerprint density at radius 3 is 2.73 bits per heavy atom. The lowest BCUT2D eigenvalue weighted by Gasteiger charge is -2.26. The summed E-state index contributed by atoms with van der Waals surface area (Å²) in [5.74, 6) is 1.02. The van der Waals surface area contributed by atoms with Crippen LogP contribution in [0.5, 0.6) is 0 Å². The van der Waals surface area contributed by atoms with E-state index in [0.29, 0.717) is 11.7 Å². The second kappa shape index (κ2) is 6.50. The minimum Gasteiger partial charge on any atom is -0.340 e. The second-order valence-corrected chi connectivity index (χ2v) is 6.42. The molecule has 1 aromatic rings. The Balaban J connectivity index is 1.58. The van der Waals surface area contributed by atoms with Gasteiger partial charge in [0.2, 0.25) is 11.8 Å². The van der Waals surface area contributed by atoms with Gasteiger partial charge in [-0.3, -0.25) is 14.3 Å². The van der Waals surface area contributed by atoms with Gasteiger partial charge in [-0.2, -0.15) is 5.10 Å². The lowest BCUT2D eigenvalue weighted by molar-refractivity contribution is -0.135. The Morgan fingerprint density at radius 1 is 1.23 bits per heavy atom. The summed E-state index contributed by atoms with van der Waals surface area (Å²) in [6.45, 7) is 3.02. The summed E-state index contributed by atoms with van der Waals surface area (Å²) in [5.41, 5.74) is 0. The Hall–Kier alpha value is -1.85. The molecule has 2 fully saturated rings. The highest BCUT2D eigenvalue weighted by atomic mass is 16.2. The van der Waals surface area contributed by atoms with Crippen LogP contribution in [-0.2, 0) is 9.59 Å². The molecule has 1 atom stereocenters. The van der Waals surface area contributed by atoms with Crippen LogP contribution in [0.4, 0.5) is 5.82 Å². The van der Waals surface area contributed by atoms with E-state index in [1.807, 2.05) is 15.8 Å². The van der Waals surface area contributed by atoms with Gasteiger partial charge in [0.1, 0.15) is 0 Å². The van der Waals surface area contributed by atoms with E-state index in [9.17, 15) is 9.59 Å². The molecule has 120 valence electrons. The molecule has 2 aliphatic rings. The van der Waals surface area contributed by atoms with E-state index in [1.54, 1.807) is 6.07 Å². The number of aromatic nitrogens is 2. The Morgan fingerprint density at radius 2 is 2.00 bits per heavy atom. The first-order valence-electron chi connectivity index (χ1n) is 8.25. The maximum atomic E-state index is 12.6. The number of hydrogen-bond acceptors (Lipinski definition) is 3. The van der Waals surface area contributed by atoms with Crippen LogP contribution in [0.1, 0.15) is 51.5 Å². The minimum absolute atomic E-state index is 0.120. The van der Waals surface area contributed by atoms with E-state index >= 15 is 0 Å². The first-order valence-corrected chi connectivity index (χ1v) is 8.25. The molecular weight excluding hydrogens is 280 g/mol. The quantitative estimate of drug-likeness (QED) is 0.931. The van der Waals surface area contributed by atoms with Gasteiger partial charge in [-0.1, -0.05) is 19.3 Å². The number of nitrogens with zero attached hydrogens (tertiary/aromatic N) is 3. The summed E-state index contributed by atoms with van der Waals surface area (Å²) in [6.07, 6.45) is 8.55. The third kappa shape index (κ3) is 3.31. The number of rotatable bonds is 3. The Labute approximate surface area is 130 Å². The molecule has 6 heteroatoms. The van der Waals surface area contributed by atoms with Gasteiger partial charge in [-0.05, 0) is 19.3 Å². The monoisotopic (exact) mass is 304 g/mol. The van der Waals surface area contributed by atoms with Gasteiger partial charge >= 0.3 is 0 Å². The number of carbonyl (C=O) groups excluding carboxylic acids is 2. The zero-order chi connectivity index (χ0) is 15.5. The fourth-order valence-electron chi connectivity index (χ4n) is 3.55. The third-order valence-electron chi connectivity index (χ3n) is 4.72. The fraction of sp³-hybridized carbons (Fsp3) is 0.688. The van der Waals surface area contributed by atoms with Crippen molar-refractivity contribution < 1.29 is 9.59 Å². The normalized spacial score (nSPS) is 22.8. The lowest BCUT2D eigenvalue weighted by atomic mass is 9.88. The lowest BCUT2D eigenvalue weighted by Crippen LogP contribution is -2.35. The zero-order valence-corrected chi connectivity index (χ0v) is 13.1. The minimum atomic E-state index is -0.120. The molecule has 3 rings (SSSR count). The molecule has 6 nitrogen and oxygen atoms in total. The first kappa shape index (κ1) is 15.1. The standard InChI is InChI=1S/C16H24N4O2/c1-12(21)17-15-8-10-20(18-15)14-7-9-19(11-14)16(22)13-5-3-2-4-6-13/h8,10,13-14H,2-7,9,11H2,1H3,(H,17,18,21)/t14-/m0/s1. The molecule has 1 saturated heterocycles. The summed E-state index contributed by atoms with van der Waals surface area (Å²) in [4.78, 5) is 25.6. The highest BCUT2D eigenvalue weighted by Gasteiger charge is 2.32. The predicted molar refractivity (Wildman–Crippen MR) is 83.3 cm³/mol. The van der Waals surface area contributed by atoms with Gasteiger partial charge in [-0.25, -0.2) is 0 Å². The van der Waals surface area contributed by atoms with Crippen LogP contribution in [0.3, 0.4) is 0 Å². The molecule has 2 heterocycles. The Bertz CT molecular complexity index is 548. The van der Waals surface area contributed by atoms with Crippen molar-refractivity contribution in [1.29, 1.82) is 0 Å². The molecule has 0 aromatic carbocycles. The molecule has 0 unspecified atom stereocenters. The van der Waals surface area contributed by atoms with Gasteiger partial charge in [0.25, 0.3) is 0 Å². The van der Waals surface area contributed by atoms with Gasteiger partial charge in [0, 0.05) is 38.2 Å². The van der Waals surface area contributed by atoms with E-state index < -0.39 is 0 Å². The molecule has 1 aliphatic carbocycles. The SMILES string of the molecule is CC(=O)Nc1ccn([C@H]2CCN(C(=O)C3CCCCC3)C2)n1. The molecular formula is C16H24N4O2. The molecule has 2 amide bonds. The highest BCUT2D eigenvalue weighted by molar-refractivity contribution is 5.87. The zero-order valence-electron chi connectivity index (χ0n) is 13.1. The van der Waals surface area contributed by atoms with Crippen molar-refractivity contribution in [1.82, 2.24) is 14.7 Å². The van der Waals surface area contributed by atoms with Crippen LogP contribution < -0.4 is 5.32 Å². The van der Waals surface area contributed by atoms with Crippen LogP contribution in [0.2, 0.25) is 0 Å². The molecule has 0 spiro atoms. The van der Waals surface area contributed by atoms with Gasteiger partial charge in [0.15, 0.2) is 5.82 Å². The topological polar surface area (TPSA) is 67.2 Å². The molecule has 0 bridgehead atoms. The summed E-state index contributed by atoms with van der Waals surface area (Å²) >= 11 is 0. The van der Waals surface area contributed by atoms with Crippen molar-refractivity contribution in [3.05, 3.63) is 12.3 Å². The maximum Gasteiger partial charge on any atom is 0.225 e. The van der Waals surface area contributed by atoms with Gasteiger partial charge in [-0.15, -0.1) is 0 Å². The summed E-state index contributed by atoms with van der Waals surface area (Å²) < 4.78 is 1.87. The molecule has 1 aliphatic heterocycles. The molecule has 1 aromatic heterocycles. The highest BCUT2D eigenvalue weighted by Crippen LogP contribution is 2.29. The summed E-state index contributed by atoms with van der Waals surface area (Å²) in [7, 11) is 0. The van der Waals surface area contributed by atoms with Crippen LogP contribution in [0.15, 0.2) is 12.3 Å². The summed E-state index contributed by atoms with van der Waals surface area (Å²) in [5, 5.41) is 7.07. The van der Waals surface area contributed by atoms with E-state index in [4.69, 9.17) is 0 Å². The van der Waals surface area contributed by atoms with Crippen molar-refractivity contribution in [2.75, 3.05) is 18.4 Å². The third-order valence-corrected chi connectivity index (χ3v) is 4.72. The van der Waals surface area contributed by atoms with E-state index in [2.05, 4.69) is 10.4 Å². The maximum absolute atomic E-state index is 12.6. The average Bonchev–Trinajstić information content (AvgIpc) is 3.15. The van der Waals surface area contributed by atoms with Gasteiger partial charge < -0.3 is 10.2 Å². The van der Waals surface area contributed by atoms with E-state index in [0.717, 1.165) is 32.4 Å². The van der Waals surface area contributed by atoms with Crippen molar-refractivity contribution in [2.24, 2.45) is 5.92 Å². The average molecular weight is 304 g/mol. The van der Waals surface area contributed by atoms with Crippen LogP contribution in [0, 0.1) is 5.92 Å². The number of carbonyl (C=O) groups is 2. The fourth-order valence-corrected chi connectivity index (χ4v) is 3.55. The Kier molecular flexibility index (Phi) is 4.45. The van der Waals surface area contributed by atoms with E-state index in [1.165, 1.54) is 26.2 Å². The molecule has 22 heavy (non-hydrogen) atoms. The number of likely N-dealkylation sites (tertiary alicyclic amines) is 1. The van der Waals surface area contributed by atoms with Crippen LogP contribution in [-0.4, -0.2) is 39.6 Å². The molecule has 0 radical (unpaired) electrons. The second-order valence-electron chi connectivity index (χ2n) is 6.42. The number of anilines is 1. The number of nitrogens with one attached hydrogen (secondary N) is 1. The van der Waals surface area contributed by atoms with Crippen molar-refractivity contribution in [2.45, 2.75) is 51.5 Å². The number of amides is 2. The summed E-state index contributed by atoms with van der Waals surface area (Å²) in [6, 6.07) is 2.02. The predicted octanol–water partition coefficient (Wildman–Crippen LogP) is 2.20. The number of hydrogen-bond donors (Lipinski definition) is 1. The van der Waals surface area contributed by atoms with Crippen molar-refractivity contribution in [3.8, 4) is 0 Å². The smallest absolute Gasteiger partial charge is 0.225 e. The van der Waals surface area contributed by atoms with Gasteiger partial charge in [0.05, 0.1) is 6.04 Å². The van der Waals surface area contributed by atoms with Crippen LogP contribution in [0.25, 0.3) is 0 Å².